The van der Waals surface area contributed by atoms with Crippen molar-refractivity contribution in [2.75, 3.05) is 20.1 Å². The number of aliphatic imine (C=N–C) groups is 1. The van der Waals surface area contributed by atoms with Gasteiger partial charge in [0.25, 0.3) is 0 Å². The molecule has 2 aromatic rings. The van der Waals surface area contributed by atoms with Crippen molar-refractivity contribution in [1.82, 2.24) is 19.8 Å². The van der Waals surface area contributed by atoms with Gasteiger partial charge in [0.05, 0.1) is 0 Å². The number of guanidine groups is 1. The van der Waals surface area contributed by atoms with Gasteiger partial charge in [-0.25, -0.2) is 4.98 Å². The fraction of sp³-hybridized carbons (Fsp3) is 0.545. The summed E-state index contributed by atoms with van der Waals surface area (Å²) in [5, 5.41) is 3.59. The zero-order valence-corrected chi connectivity index (χ0v) is 19.3. The molecular weight excluding hydrogens is 461 g/mol. The number of halogens is 1. The molecule has 2 atom stereocenters. The van der Waals surface area contributed by atoms with E-state index in [0.717, 1.165) is 36.7 Å². The third-order valence-corrected chi connectivity index (χ3v) is 6.21. The summed E-state index contributed by atoms with van der Waals surface area (Å²) in [6.07, 6.45) is 9.50. The lowest BCUT2D eigenvalue weighted by atomic mass is 9.82. The number of hydrogen-bond donors (Lipinski definition) is 1. The highest BCUT2D eigenvalue weighted by atomic mass is 127. The number of rotatable bonds is 4. The van der Waals surface area contributed by atoms with Gasteiger partial charge in [-0.3, -0.25) is 4.99 Å². The summed E-state index contributed by atoms with van der Waals surface area (Å²) in [5.74, 6) is 3.85. The summed E-state index contributed by atoms with van der Waals surface area (Å²) in [4.78, 5) is 11.3. The molecule has 2 fully saturated rings. The minimum Gasteiger partial charge on any atom is -0.352 e. The molecule has 6 heteroatoms. The number of nitrogens with zero attached hydrogens (tertiary/aromatic N) is 4. The third kappa shape index (κ3) is 4.88. The van der Waals surface area contributed by atoms with Crippen molar-refractivity contribution >= 4 is 29.9 Å². The highest BCUT2D eigenvalue weighted by Gasteiger charge is 2.35. The molecule has 5 nitrogen and oxygen atoms in total. The van der Waals surface area contributed by atoms with E-state index in [1.165, 1.54) is 49.9 Å². The number of fused-ring (bicyclic) bond motifs is 1. The molecule has 4 rings (SSSR count). The van der Waals surface area contributed by atoms with Crippen LogP contribution in [0.15, 0.2) is 41.7 Å². The number of benzene rings is 1. The average Bonchev–Trinajstić information content (AvgIpc) is 3.29. The average molecular weight is 493 g/mol. The monoisotopic (exact) mass is 493 g/mol. The van der Waals surface area contributed by atoms with Gasteiger partial charge in [0.2, 0.25) is 0 Å². The fourth-order valence-electron chi connectivity index (χ4n) is 4.70. The van der Waals surface area contributed by atoms with Crippen LogP contribution in [0.4, 0.5) is 0 Å². The van der Waals surface area contributed by atoms with Gasteiger partial charge in [0.15, 0.2) is 5.96 Å². The molecular formula is C22H32IN5. The van der Waals surface area contributed by atoms with Crippen LogP contribution in [0, 0.1) is 18.8 Å². The van der Waals surface area contributed by atoms with Crippen LogP contribution < -0.4 is 5.32 Å². The lowest BCUT2D eigenvalue weighted by molar-refractivity contribution is 0.299. The largest absolute Gasteiger partial charge is 0.352 e. The summed E-state index contributed by atoms with van der Waals surface area (Å²) in [6, 6.07) is 8.80. The molecule has 0 radical (unpaired) electrons. The minimum absolute atomic E-state index is 0. The predicted molar refractivity (Wildman–Crippen MR) is 125 cm³/mol. The Morgan fingerprint density at radius 2 is 1.89 bits per heavy atom. The normalized spacial score (nSPS) is 21.9. The molecule has 1 aliphatic heterocycles. The standard InChI is InChI=1S/C22H31N5.HI/c1-17-24-10-11-26(17)14-19-7-5-6-18(12-19)13-25-22(23-2)27-15-20-8-3-4-9-21(20)16-27;/h5-7,10-12,20-21H,3-4,8-9,13-16H2,1-2H3,(H,23,25);1H. The first-order valence-electron chi connectivity index (χ1n) is 10.2. The van der Waals surface area contributed by atoms with Crippen LogP contribution >= 0.6 is 24.0 Å². The second-order valence-corrected chi connectivity index (χ2v) is 8.03. The molecule has 28 heavy (non-hydrogen) atoms. The van der Waals surface area contributed by atoms with E-state index in [-0.39, 0.29) is 24.0 Å². The van der Waals surface area contributed by atoms with Gasteiger partial charge in [-0.2, -0.15) is 0 Å². The van der Waals surface area contributed by atoms with Gasteiger partial charge < -0.3 is 14.8 Å². The maximum Gasteiger partial charge on any atom is 0.193 e. The molecule has 1 aliphatic carbocycles. The van der Waals surface area contributed by atoms with Gasteiger partial charge in [-0.05, 0) is 42.7 Å². The number of aryl methyl sites for hydroxylation is 1. The number of likely N-dealkylation sites (tertiary alicyclic amines) is 1. The zero-order valence-electron chi connectivity index (χ0n) is 17.0. The molecule has 0 amide bonds. The highest BCUT2D eigenvalue weighted by molar-refractivity contribution is 14.0. The van der Waals surface area contributed by atoms with Crippen LogP contribution in [-0.2, 0) is 13.1 Å². The molecule has 152 valence electrons. The number of hydrogen-bond acceptors (Lipinski definition) is 2. The van der Waals surface area contributed by atoms with Crippen LogP contribution in [0.3, 0.4) is 0 Å². The van der Waals surface area contributed by atoms with Gasteiger partial charge in [-0.15, -0.1) is 24.0 Å². The molecule has 2 heterocycles. The number of aromatic nitrogens is 2. The Morgan fingerprint density at radius 1 is 1.18 bits per heavy atom. The first kappa shape index (κ1) is 21.1. The Balaban J connectivity index is 0.00000225. The van der Waals surface area contributed by atoms with E-state index >= 15 is 0 Å². The Bertz CT molecular complexity index is 786. The molecule has 1 saturated heterocycles. The van der Waals surface area contributed by atoms with Gasteiger partial charge in [-0.1, -0.05) is 37.1 Å². The fourth-order valence-corrected chi connectivity index (χ4v) is 4.70. The summed E-state index contributed by atoms with van der Waals surface area (Å²) in [6.45, 7) is 6.07. The van der Waals surface area contributed by atoms with Crippen molar-refractivity contribution in [1.29, 1.82) is 0 Å². The van der Waals surface area contributed by atoms with Crippen molar-refractivity contribution in [2.45, 2.75) is 45.7 Å². The Labute approximate surface area is 185 Å². The minimum atomic E-state index is 0. The molecule has 0 spiro atoms. The molecule has 1 N–H and O–H groups in total. The van der Waals surface area contributed by atoms with Crippen LogP contribution in [0.25, 0.3) is 0 Å². The van der Waals surface area contributed by atoms with E-state index in [4.69, 9.17) is 0 Å². The summed E-state index contributed by atoms with van der Waals surface area (Å²) >= 11 is 0. The van der Waals surface area contributed by atoms with Crippen LogP contribution in [0.5, 0.6) is 0 Å². The summed E-state index contributed by atoms with van der Waals surface area (Å²) in [7, 11) is 1.91. The van der Waals surface area contributed by atoms with Gasteiger partial charge in [0, 0.05) is 45.6 Å². The maximum atomic E-state index is 4.56. The lowest BCUT2D eigenvalue weighted by Crippen LogP contribution is -2.39. The topological polar surface area (TPSA) is 45.5 Å². The van der Waals surface area contributed by atoms with E-state index in [0.29, 0.717) is 0 Å². The maximum absolute atomic E-state index is 4.56. The zero-order chi connectivity index (χ0) is 18.6. The van der Waals surface area contributed by atoms with E-state index in [1.54, 1.807) is 0 Å². The Morgan fingerprint density at radius 3 is 2.54 bits per heavy atom. The summed E-state index contributed by atoms with van der Waals surface area (Å²) < 4.78 is 2.18. The van der Waals surface area contributed by atoms with Crippen molar-refractivity contribution in [3.8, 4) is 0 Å². The molecule has 1 saturated carbocycles. The Hall–Kier alpha value is -1.57. The predicted octanol–water partition coefficient (Wildman–Crippen LogP) is 4.06. The van der Waals surface area contributed by atoms with E-state index < -0.39 is 0 Å². The van der Waals surface area contributed by atoms with Gasteiger partial charge >= 0.3 is 0 Å². The summed E-state index contributed by atoms with van der Waals surface area (Å²) in [5.41, 5.74) is 2.60. The van der Waals surface area contributed by atoms with E-state index in [1.807, 2.05) is 26.4 Å². The molecule has 1 aromatic carbocycles. The quantitative estimate of drug-likeness (QED) is 0.397. The van der Waals surface area contributed by atoms with Crippen LogP contribution in [-0.4, -0.2) is 40.5 Å². The van der Waals surface area contributed by atoms with Crippen molar-refractivity contribution in [3.05, 3.63) is 53.6 Å². The molecule has 2 aliphatic rings. The first-order chi connectivity index (χ1) is 13.2. The highest BCUT2D eigenvalue weighted by Crippen LogP contribution is 2.35. The Kier molecular flexibility index (Phi) is 7.37. The number of nitrogens with one attached hydrogen (secondary N) is 1. The van der Waals surface area contributed by atoms with Crippen LogP contribution in [0.2, 0.25) is 0 Å². The van der Waals surface area contributed by atoms with E-state index in [9.17, 15) is 0 Å². The third-order valence-electron chi connectivity index (χ3n) is 6.21. The molecule has 2 unspecified atom stereocenters. The number of imidazole rings is 1. The van der Waals surface area contributed by atoms with Crippen molar-refractivity contribution in [3.63, 3.8) is 0 Å². The van der Waals surface area contributed by atoms with Crippen LogP contribution in [0.1, 0.15) is 42.6 Å². The first-order valence-corrected chi connectivity index (χ1v) is 10.2. The second kappa shape index (κ2) is 9.76. The van der Waals surface area contributed by atoms with Crippen molar-refractivity contribution in [2.24, 2.45) is 16.8 Å². The molecule has 1 aromatic heterocycles. The SMILES string of the molecule is CN=C(NCc1cccc(Cn2ccnc2C)c1)N1CC2CCCCC2C1.I. The van der Waals surface area contributed by atoms with Gasteiger partial charge in [0.1, 0.15) is 5.82 Å². The lowest BCUT2D eigenvalue weighted by Gasteiger charge is -2.22. The smallest absolute Gasteiger partial charge is 0.193 e. The van der Waals surface area contributed by atoms with E-state index in [2.05, 4.69) is 49.0 Å². The second-order valence-electron chi connectivity index (χ2n) is 8.03. The van der Waals surface area contributed by atoms with Crippen molar-refractivity contribution < 1.29 is 0 Å². The molecule has 0 bridgehead atoms.